The minimum atomic E-state index is -4.64. The normalized spacial score (nSPS) is 16.7. The third-order valence-electron chi connectivity index (χ3n) is 4.91. The van der Waals surface area contributed by atoms with Gasteiger partial charge in [0.1, 0.15) is 11.9 Å². The number of amides is 2. The van der Waals surface area contributed by atoms with Crippen LogP contribution in [0.4, 0.5) is 17.6 Å². The number of carbonyl (C=O) groups is 2. The summed E-state index contributed by atoms with van der Waals surface area (Å²) in [6.07, 6.45) is -3.51. The summed E-state index contributed by atoms with van der Waals surface area (Å²) in [7, 11) is 0. The van der Waals surface area contributed by atoms with Crippen molar-refractivity contribution >= 4 is 11.8 Å². The van der Waals surface area contributed by atoms with Gasteiger partial charge < -0.3 is 10.2 Å². The summed E-state index contributed by atoms with van der Waals surface area (Å²) in [5, 5.41) is 2.53. The lowest BCUT2D eigenvalue weighted by Gasteiger charge is -2.24. The fourth-order valence-electron chi connectivity index (χ4n) is 3.39. The first-order valence-electron chi connectivity index (χ1n) is 9.18. The summed E-state index contributed by atoms with van der Waals surface area (Å²) in [6, 6.07) is 8.54. The number of rotatable bonds is 4. The van der Waals surface area contributed by atoms with Crippen LogP contribution in [-0.2, 0) is 17.5 Å². The molecule has 0 aliphatic carbocycles. The number of nitrogens with one attached hydrogen (secondary N) is 1. The Labute approximate surface area is 165 Å². The standard InChI is InChI=1S/C21H20F4N2O2/c1-13-4-2-5-14(10-13)20(29)27-9-3-6-18(27)19(28)26-12-15-7-8-16(11-17(15)22)21(23,24)25/h2,4-5,7-8,10-11,18H,3,6,9,12H2,1H3,(H,26,28)/t18-/m1/s1. The maximum Gasteiger partial charge on any atom is 0.416 e. The Morgan fingerprint density at radius 1 is 1.17 bits per heavy atom. The topological polar surface area (TPSA) is 49.4 Å². The van der Waals surface area contributed by atoms with Gasteiger partial charge in [-0.25, -0.2) is 4.39 Å². The molecule has 1 atom stereocenters. The molecule has 2 aromatic rings. The van der Waals surface area contributed by atoms with Crippen molar-refractivity contribution in [1.82, 2.24) is 10.2 Å². The average molecular weight is 408 g/mol. The third-order valence-corrected chi connectivity index (χ3v) is 4.91. The molecule has 2 aromatic carbocycles. The number of hydrogen-bond acceptors (Lipinski definition) is 2. The van der Waals surface area contributed by atoms with Gasteiger partial charge in [0.15, 0.2) is 0 Å². The minimum absolute atomic E-state index is 0.0547. The number of alkyl halides is 3. The quantitative estimate of drug-likeness (QED) is 0.776. The Bertz CT molecular complexity index is 927. The van der Waals surface area contributed by atoms with Crippen LogP contribution in [0.3, 0.4) is 0 Å². The van der Waals surface area contributed by atoms with Crippen molar-refractivity contribution in [3.63, 3.8) is 0 Å². The highest BCUT2D eigenvalue weighted by Gasteiger charge is 2.35. The van der Waals surface area contributed by atoms with E-state index in [-0.39, 0.29) is 18.0 Å². The molecular formula is C21H20F4N2O2. The number of benzene rings is 2. The largest absolute Gasteiger partial charge is 0.416 e. The van der Waals surface area contributed by atoms with Crippen LogP contribution in [0.15, 0.2) is 42.5 Å². The molecule has 0 radical (unpaired) electrons. The van der Waals surface area contributed by atoms with Gasteiger partial charge in [-0.1, -0.05) is 23.8 Å². The Kier molecular flexibility index (Phi) is 5.91. The van der Waals surface area contributed by atoms with Gasteiger partial charge in [-0.2, -0.15) is 13.2 Å². The summed E-state index contributed by atoms with van der Waals surface area (Å²) < 4.78 is 51.8. The van der Waals surface area contributed by atoms with Crippen molar-refractivity contribution in [3.05, 3.63) is 70.5 Å². The Hall–Kier alpha value is -2.90. The molecule has 3 rings (SSSR count). The lowest BCUT2D eigenvalue weighted by Crippen LogP contribution is -2.45. The first kappa shape index (κ1) is 20.8. The molecule has 1 aliphatic heterocycles. The van der Waals surface area contributed by atoms with E-state index in [4.69, 9.17) is 0 Å². The Morgan fingerprint density at radius 3 is 2.59 bits per heavy atom. The highest BCUT2D eigenvalue weighted by Crippen LogP contribution is 2.30. The third kappa shape index (κ3) is 4.75. The summed E-state index contributed by atoms with van der Waals surface area (Å²) in [6.45, 7) is 2.04. The van der Waals surface area contributed by atoms with E-state index in [9.17, 15) is 27.2 Å². The first-order chi connectivity index (χ1) is 13.7. The summed E-state index contributed by atoms with van der Waals surface area (Å²) in [5.74, 6) is -1.76. The van der Waals surface area contributed by atoms with Gasteiger partial charge in [0.2, 0.25) is 5.91 Å². The molecule has 4 nitrogen and oxygen atoms in total. The molecule has 154 valence electrons. The SMILES string of the molecule is Cc1cccc(C(=O)N2CCC[C@@H]2C(=O)NCc2ccc(C(F)(F)F)cc2F)c1. The number of halogens is 4. The van der Waals surface area contributed by atoms with E-state index < -0.39 is 29.5 Å². The van der Waals surface area contributed by atoms with Gasteiger partial charge in [0.25, 0.3) is 5.91 Å². The van der Waals surface area contributed by atoms with Gasteiger partial charge in [0.05, 0.1) is 5.56 Å². The molecule has 0 bridgehead atoms. The van der Waals surface area contributed by atoms with Gasteiger partial charge in [0, 0.05) is 24.2 Å². The van der Waals surface area contributed by atoms with E-state index in [1.165, 1.54) is 4.90 Å². The first-order valence-corrected chi connectivity index (χ1v) is 9.18. The molecule has 0 spiro atoms. The van der Waals surface area contributed by atoms with Crippen molar-refractivity contribution in [2.75, 3.05) is 6.54 Å². The second-order valence-electron chi connectivity index (χ2n) is 7.05. The summed E-state index contributed by atoms with van der Waals surface area (Å²) in [4.78, 5) is 26.8. The van der Waals surface area contributed by atoms with Crippen LogP contribution in [0.1, 0.15) is 39.9 Å². The van der Waals surface area contributed by atoms with Crippen LogP contribution in [0.25, 0.3) is 0 Å². The predicted molar refractivity (Wildman–Crippen MR) is 98.5 cm³/mol. The fraction of sp³-hybridized carbons (Fsp3) is 0.333. The maximum atomic E-state index is 14.0. The zero-order valence-electron chi connectivity index (χ0n) is 15.7. The number of nitrogens with zero attached hydrogens (tertiary/aromatic N) is 1. The monoisotopic (exact) mass is 408 g/mol. The fourth-order valence-corrected chi connectivity index (χ4v) is 3.39. The molecule has 2 amide bonds. The maximum absolute atomic E-state index is 14.0. The average Bonchev–Trinajstić information content (AvgIpc) is 3.15. The smallest absolute Gasteiger partial charge is 0.350 e. The van der Waals surface area contributed by atoms with Crippen LogP contribution < -0.4 is 5.32 Å². The molecule has 8 heteroatoms. The molecule has 29 heavy (non-hydrogen) atoms. The molecule has 1 N–H and O–H groups in total. The number of likely N-dealkylation sites (tertiary alicyclic amines) is 1. The minimum Gasteiger partial charge on any atom is -0.350 e. The molecule has 0 saturated carbocycles. The Balaban J connectivity index is 1.66. The molecule has 0 aromatic heterocycles. The Morgan fingerprint density at radius 2 is 1.93 bits per heavy atom. The molecule has 1 fully saturated rings. The van der Waals surface area contributed by atoms with E-state index >= 15 is 0 Å². The van der Waals surface area contributed by atoms with E-state index in [2.05, 4.69) is 5.32 Å². The second-order valence-corrected chi connectivity index (χ2v) is 7.05. The van der Waals surface area contributed by atoms with Gasteiger partial charge in [-0.05, 0) is 44.0 Å². The highest BCUT2D eigenvalue weighted by molar-refractivity contribution is 5.98. The van der Waals surface area contributed by atoms with Crippen LogP contribution in [0.5, 0.6) is 0 Å². The summed E-state index contributed by atoms with van der Waals surface area (Å²) >= 11 is 0. The molecule has 1 saturated heterocycles. The second kappa shape index (κ2) is 8.23. The zero-order valence-corrected chi connectivity index (χ0v) is 15.7. The van der Waals surface area contributed by atoms with Crippen molar-refractivity contribution in [2.24, 2.45) is 0 Å². The lowest BCUT2D eigenvalue weighted by atomic mass is 10.1. The van der Waals surface area contributed by atoms with Crippen LogP contribution in [-0.4, -0.2) is 29.3 Å². The van der Waals surface area contributed by atoms with E-state index in [1.807, 2.05) is 13.0 Å². The van der Waals surface area contributed by atoms with E-state index in [0.717, 1.165) is 17.7 Å². The lowest BCUT2D eigenvalue weighted by molar-refractivity contribution is -0.137. The van der Waals surface area contributed by atoms with Crippen molar-refractivity contribution < 1.29 is 27.2 Å². The van der Waals surface area contributed by atoms with Crippen molar-refractivity contribution in [3.8, 4) is 0 Å². The van der Waals surface area contributed by atoms with Crippen molar-refractivity contribution in [2.45, 2.75) is 38.5 Å². The van der Waals surface area contributed by atoms with Crippen LogP contribution in [0, 0.1) is 12.7 Å². The molecular weight excluding hydrogens is 388 g/mol. The van der Waals surface area contributed by atoms with Gasteiger partial charge >= 0.3 is 6.18 Å². The van der Waals surface area contributed by atoms with Crippen LogP contribution >= 0.6 is 0 Å². The zero-order chi connectivity index (χ0) is 21.2. The predicted octanol–water partition coefficient (Wildman–Crippen LogP) is 4.07. The van der Waals surface area contributed by atoms with Gasteiger partial charge in [-0.15, -0.1) is 0 Å². The van der Waals surface area contributed by atoms with Crippen LogP contribution in [0.2, 0.25) is 0 Å². The molecule has 1 aliphatic rings. The number of hydrogen-bond donors (Lipinski definition) is 1. The molecule has 0 unspecified atom stereocenters. The van der Waals surface area contributed by atoms with E-state index in [1.54, 1.807) is 18.2 Å². The number of aryl methyl sites for hydroxylation is 1. The molecule has 1 heterocycles. The number of carbonyl (C=O) groups excluding carboxylic acids is 2. The summed E-state index contributed by atoms with van der Waals surface area (Å²) in [5.41, 5.74) is 0.268. The van der Waals surface area contributed by atoms with Crippen molar-refractivity contribution in [1.29, 1.82) is 0 Å². The van der Waals surface area contributed by atoms with E-state index in [0.29, 0.717) is 31.0 Å². The van der Waals surface area contributed by atoms with Gasteiger partial charge in [-0.3, -0.25) is 9.59 Å². The highest BCUT2D eigenvalue weighted by atomic mass is 19.4.